The molecular formula is C15H14N4O2S2. The largest absolute Gasteiger partial charge is 0.478 e. The lowest BCUT2D eigenvalue weighted by Crippen LogP contribution is -2.30. The number of hydrogen-bond donors (Lipinski definition) is 1. The van der Waals surface area contributed by atoms with Crippen LogP contribution in [0.5, 0.6) is 0 Å². The molecule has 0 saturated heterocycles. The van der Waals surface area contributed by atoms with Crippen LogP contribution in [-0.4, -0.2) is 25.9 Å². The molecule has 1 aromatic heterocycles. The normalized spacial score (nSPS) is 18.7. The minimum atomic E-state index is -0.905. The average molecular weight is 346 g/mol. The summed E-state index contributed by atoms with van der Waals surface area (Å²) >= 11 is 3.34. The molecule has 1 atom stereocenters. The molecule has 118 valence electrons. The van der Waals surface area contributed by atoms with Crippen molar-refractivity contribution < 1.29 is 9.90 Å². The van der Waals surface area contributed by atoms with Crippen molar-refractivity contribution in [3.63, 3.8) is 0 Å². The predicted molar refractivity (Wildman–Crippen MR) is 89.9 cm³/mol. The molecule has 6 nitrogen and oxygen atoms in total. The van der Waals surface area contributed by atoms with Crippen LogP contribution in [0.1, 0.15) is 40.5 Å². The topological polar surface area (TPSA) is 71.2 Å². The number of carboxylic acids is 1. The van der Waals surface area contributed by atoms with Gasteiger partial charge in [-0.2, -0.15) is 0 Å². The van der Waals surface area contributed by atoms with Crippen molar-refractivity contribution in [2.24, 2.45) is 0 Å². The zero-order valence-corrected chi connectivity index (χ0v) is 14.0. The van der Waals surface area contributed by atoms with Crippen molar-refractivity contribution in [3.05, 3.63) is 51.7 Å². The molecule has 0 amide bonds. The highest BCUT2D eigenvalue weighted by Gasteiger charge is 2.39. The van der Waals surface area contributed by atoms with Crippen LogP contribution in [-0.2, 0) is 6.42 Å². The SMILES string of the molecule is CCCc1nnc2n1N1C(=CSC1c1ccc(C(=O)O)cc1)S2. The van der Waals surface area contributed by atoms with E-state index in [4.69, 9.17) is 5.11 Å². The van der Waals surface area contributed by atoms with Crippen LogP contribution in [0.25, 0.3) is 0 Å². The minimum Gasteiger partial charge on any atom is -0.478 e. The molecule has 4 rings (SSSR count). The van der Waals surface area contributed by atoms with Crippen LogP contribution in [0.15, 0.2) is 39.9 Å². The molecule has 1 aromatic carbocycles. The number of hydrogen-bond acceptors (Lipinski definition) is 6. The maximum atomic E-state index is 11.0. The third-order valence-corrected chi connectivity index (χ3v) is 5.94. The predicted octanol–water partition coefficient (Wildman–Crippen LogP) is 3.22. The monoisotopic (exact) mass is 346 g/mol. The molecule has 0 radical (unpaired) electrons. The number of aromatic nitrogens is 3. The Morgan fingerprint density at radius 3 is 2.78 bits per heavy atom. The van der Waals surface area contributed by atoms with Gasteiger partial charge >= 0.3 is 5.97 Å². The summed E-state index contributed by atoms with van der Waals surface area (Å²) in [6.07, 6.45) is 1.90. The average Bonchev–Trinajstić information content (AvgIpc) is 3.20. The number of aryl methyl sites for hydroxylation is 1. The van der Waals surface area contributed by atoms with Crippen LogP contribution >= 0.6 is 23.5 Å². The van der Waals surface area contributed by atoms with Crippen LogP contribution in [0, 0.1) is 0 Å². The zero-order chi connectivity index (χ0) is 16.0. The molecule has 1 N–H and O–H groups in total. The molecule has 2 aliphatic rings. The molecule has 0 fully saturated rings. The number of fused-ring (bicyclic) bond motifs is 3. The fraction of sp³-hybridized carbons (Fsp3) is 0.267. The maximum absolute atomic E-state index is 11.0. The Bertz CT molecular complexity index is 800. The van der Waals surface area contributed by atoms with E-state index in [-0.39, 0.29) is 5.37 Å². The van der Waals surface area contributed by atoms with Crippen LogP contribution in [0.4, 0.5) is 0 Å². The van der Waals surface area contributed by atoms with Crippen molar-refractivity contribution in [2.75, 3.05) is 5.01 Å². The second-order valence-electron chi connectivity index (χ2n) is 5.28. The van der Waals surface area contributed by atoms with Gasteiger partial charge in [0, 0.05) is 11.8 Å². The van der Waals surface area contributed by atoms with E-state index in [0.717, 1.165) is 34.4 Å². The molecule has 3 heterocycles. The summed E-state index contributed by atoms with van der Waals surface area (Å²) in [5, 5.41) is 24.0. The number of benzene rings is 1. The van der Waals surface area contributed by atoms with E-state index in [1.54, 1.807) is 35.7 Å². The van der Waals surface area contributed by atoms with Crippen molar-refractivity contribution in [1.29, 1.82) is 0 Å². The molecule has 23 heavy (non-hydrogen) atoms. The van der Waals surface area contributed by atoms with Crippen LogP contribution in [0.3, 0.4) is 0 Å². The van der Waals surface area contributed by atoms with Crippen molar-refractivity contribution in [2.45, 2.75) is 30.3 Å². The van der Waals surface area contributed by atoms with Crippen molar-refractivity contribution in [3.8, 4) is 0 Å². The Morgan fingerprint density at radius 2 is 2.09 bits per heavy atom. The van der Waals surface area contributed by atoms with E-state index in [2.05, 4.69) is 32.2 Å². The van der Waals surface area contributed by atoms with Crippen LogP contribution in [0.2, 0.25) is 0 Å². The van der Waals surface area contributed by atoms with Gasteiger partial charge in [-0.25, -0.2) is 9.47 Å². The highest BCUT2D eigenvalue weighted by Crippen LogP contribution is 2.51. The number of aromatic carboxylic acids is 1. The molecular weight excluding hydrogens is 332 g/mol. The molecule has 0 saturated carbocycles. The third-order valence-electron chi connectivity index (χ3n) is 3.75. The Labute approximate surface area is 141 Å². The van der Waals surface area contributed by atoms with Gasteiger partial charge in [0.2, 0.25) is 5.16 Å². The second-order valence-corrected chi connectivity index (χ2v) is 7.22. The molecule has 2 aromatic rings. The lowest BCUT2D eigenvalue weighted by Gasteiger charge is -2.25. The lowest BCUT2D eigenvalue weighted by atomic mass is 10.1. The van der Waals surface area contributed by atoms with Crippen molar-refractivity contribution >= 4 is 29.5 Å². The standard InChI is InChI=1S/C15H14N4O2S2/c1-2-3-11-16-17-15-18(11)19-12(23-15)8-22-13(19)9-4-6-10(7-5-9)14(20)21/h4-8,13H,2-3H2,1H3,(H,20,21). The summed E-state index contributed by atoms with van der Waals surface area (Å²) < 4.78 is 2.09. The van der Waals surface area contributed by atoms with E-state index in [1.165, 1.54) is 0 Å². The number of rotatable bonds is 4. The van der Waals surface area contributed by atoms with Crippen molar-refractivity contribution in [1.82, 2.24) is 14.9 Å². The number of carbonyl (C=O) groups is 1. The van der Waals surface area contributed by atoms with Gasteiger partial charge in [-0.15, -0.1) is 10.2 Å². The summed E-state index contributed by atoms with van der Waals surface area (Å²) in [5.74, 6) is 0.0607. The number of nitrogens with zero attached hydrogens (tertiary/aromatic N) is 4. The van der Waals surface area contributed by atoms with Crippen LogP contribution < -0.4 is 5.01 Å². The first-order chi connectivity index (χ1) is 11.2. The first-order valence-corrected chi connectivity index (χ1v) is 9.05. The Balaban J connectivity index is 1.69. The second kappa shape index (κ2) is 5.61. The molecule has 1 unspecified atom stereocenters. The molecule has 8 heteroatoms. The molecule has 0 bridgehead atoms. The van der Waals surface area contributed by atoms with Gasteiger partial charge in [-0.05, 0) is 35.9 Å². The Kier molecular flexibility index (Phi) is 3.57. The maximum Gasteiger partial charge on any atom is 0.335 e. The molecule has 0 aliphatic carbocycles. The molecule has 0 spiro atoms. The highest BCUT2D eigenvalue weighted by molar-refractivity contribution is 8.07. The van der Waals surface area contributed by atoms with Gasteiger partial charge in [0.1, 0.15) is 10.4 Å². The fourth-order valence-corrected chi connectivity index (χ4v) is 4.93. The summed E-state index contributed by atoms with van der Waals surface area (Å²) in [7, 11) is 0. The van der Waals surface area contributed by atoms with Gasteiger partial charge in [-0.3, -0.25) is 5.01 Å². The van der Waals surface area contributed by atoms with E-state index in [1.807, 2.05) is 12.1 Å². The van der Waals surface area contributed by atoms with Gasteiger partial charge < -0.3 is 5.11 Å². The van der Waals surface area contributed by atoms with E-state index in [9.17, 15) is 4.79 Å². The lowest BCUT2D eigenvalue weighted by molar-refractivity contribution is 0.0697. The van der Waals surface area contributed by atoms with Gasteiger partial charge in [0.25, 0.3) is 0 Å². The highest BCUT2D eigenvalue weighted by atomic mass is 32.2. The van der Waals surface area contributed by atoms with Gasteiger partial charge in [-0.1, -0.05) is 30.8 Å². The van der Waals surface area contributed by atoms with E-state index < -0.39 is 5.97 Å². The third kappa shape index (κ3) is 2.33. The summed E-state index contributed by atoms with van der Waals surface area (Å²) in [5.41, 5.74) is 1.37. The van der Waals surface area contributed by atoms with E-state index >= 15 is 0 Å². The fourth-order valence-electron chi connectivity index (χ4n) is 2.68. The Morgan fingerprint density at radius 1 is 1.30 bits per heavy atom. The quantitative estimate of drug-likeness (QED) is 0.911. The van der Waals surface area contributed by atoms with Gasteiger partial charge in [0.05, 0.1) is 5.56 Å². The smallest absolute Gasteiger partial charge is 0.335 e. The summed E-state index contributed by atoms with van der Waals surface area (Å²) in [4.78, 5) is 11.0. The first-order valence-electron chi connectivity index (χ1n) is 7.29. The number of thioether (sulfide) groups is 2. The zero-order valence-electron chi connectivity index (χ0n) is 12.3. The number of carboxylic acid groups (broad SMARTS) is 1. The van der Waals surface area contributed by atoms with Gasteiger partial charge in [0.15, 0.2) is 5.82 Å². The van der Waals surface area contributed by atoms with E-state index in [0.29, 0.717) is 5.56 Å². The first kappa shape index (κ1) is 14.6. The molecule has 2 aliphatic heterocycles. The Hall–Kier alpha value is -1.93. The summed E-state index contributed by atoms with van der Waals surface area (Å²) in [6.45, 7) is 2.13. The minimum absolute atomic E-state index is 0.0770. The summed E-state index contributed by atoms with van der Waals surface area (Å²) in [6, 6.07) is 7.06.